The molecule has 0 atom stereocenters. The second-order valence-corrected chi connectivity index (χ2v) is 2.83. The summed E-state index contributed by atoms with van der Waals surface area (Å²) in [4.78, 5) is 21.4. The zero-order valence-electron chi connectivity index (χ0n) is 7.44. The molecule has 0 bridgehead atoms. The fourth-order valence-electron chi connectivity index (χ4n) is 0.927. The minimum Gasteiger partial charge on any atom is -0.504 e. The number of carbonyl (C=O) groups is 2. The van der Waals surface area contributed by atoms with Gasteiger partial charge in [-0.25, -0.2) is 4.79 Å². The highest BCUT2D eigenvalue weighted by Crippen LogP contribution is 2.29. The number of carboxylic acid groups (broad SMARTS) is 1. The predicted molar refractivity (Wildman–Crippen MR) is 51.4 cm³/mol. The van der Waals surface area contributed by atoms with E-state index in [1.165, 1.54) is 18.2 Å². The van der Waals surface area contributed by atoms with Crippen LogP contribution in [-0.4, -0.2) is 28.0 Å². The van der Waals surface area contributed by atoms with Crippen LogP contribution in [0.15, 0.2) is 18.2 Å². The Hall–Kier alpha value is -1.75. The lowest BCUT2D eigenvalue weighted by Crippen LogP contribution is -2.09. The molecule has 0 spiro atoms. The van der Waals surface area contributed by atoms with E-state index in [1.807, 2.05) is 0 Å². The molecule has 0 aliphatic rings. The molecule has 80 valence electrons. The first-order valence-electron chi connectivity index (χ1n) is 3.88. The van der Waals surface area contributed by atoms with Crippen LogP contribution in [0.4, 0.5) is 0 Å². The van der Waals surface area contributed by atoms with Crippen molar-refractivity contribution in [2.75, 3.05) is 5.88 Å². The minimum absolute atomic E-state index is 0.222. The summed E-state index contributed by atoms with van der Waals surface area (Å²) in [5.74, 6) is -3.27. The quantitative estimate of drug-likeness (QED) is 0.464. The first-order valence-corrected chi connectivity index (χ1v) is 4.41. The number of hydrogen-bond donors (Lipinski definition) is 2. The van der Waals surface area contributed by atoms with Crippen molar-refractivity contribution in [2.45, 2.75) is 0 Å². The number of rotatable bonds is 3. The summed E-state index contributed by atoms with van der Waals surface area (Å²) in [6.07, 6.45) is 0. The molecule has 0 saturated carbocycles. The van der Waals surface area contributed by atoms with Gasteiger partial charge in [-0.2, -0.15) is 0 Å². The summed E-state index contributed by atoms with van der Waals surface area (Å²) in [6, 6.07) is 3.81. The summed E-state index contributed by atoms with van der Waals surface area (Å²) in [5.41, 5.74) is -0.338. The van der Waals surface area contributed by atoms with E-state index < -0.39 is 17.7 Å². The van der Waals surface area contributed by atoms with Crippen molar-refractivity contribution in [3.8, 4) is 11.5 Å². The van der Waals surface area contributed by atoms with Crippen LogP contribution < -0.4 is 4.74 Å². The van der Waals surface area contributed by atoms with Gasteiger partial charge in [0, 0.05) is 0 Å². The zero-order chi connectivity index (χ0) is 11.4. The molecule has 2 N–H and O–H groups in total. The molecule has 0 saturated heterocycles. The van der Waals surface area contributed by atoms with Gasteiger partial charge in [-0.05, 0) is 12.1 Å². The van der Waals surface area contributed by atoms with E-state index in [9.17, 15) is 14.7 Å². The topological polar surface area (TPSA) is 83.8 Å². The van der Waals surface area contributed by atoms with Gasteiger partial charge in [0.2, 0.25) is 0 Å². The lowest BCUT2D eigenvalue weighted by molar-refractivity contribution is -0.131. The van der Waals surface area contributed by atoms with E-state index in [1.54, 1.807) is 0 Å². The van der Waals surface area contributed by atoms with Crippen molar-refractivity contribution < 1.29 is 24.5 Å². The average Bonchev–Trinajstić information content (AvgIpc) is 2.20. The van der Waals surface area contributed by atoms with E-state index >= 15 is 0 Å². The number of ether oxygens (including phenoxy) is 1. The Bertz CT molecular complexity index is 401. The fourth-order valence-corrected chi connectivity index (χ4v) is 0.982. The Labute approximate surface area is 89.9 Å². The molecule has 0 unspecified atom stereocenters. The molecule has 0 aliphatic carbocycles. The summed E-state index contributed by atoms with van der Waals surface area (Å²) < 4.78 is 4.60. The number of para-hydroxylation sites is 1. The normalized spacial score (nSPS) is 9.67. The Morgan fingerprint density at radius 1 is 1.40 bits per heavy atom. The molecule has 1 aromatic carbocycles. The Balaban J connectivity index is 3.04. The van der Waals surface area contributed by atoms with Crippen LogP contribution in [0.25, 0.3) is 0 Å². The molecule has 6 heteroatoms. The lowest BCUT2D eigenvalue weighted by Gasteiger charge is -2.06. The Kier molecular flexibility index (Phi) is 3.51. The van der Waals surface area contributed by atoms with Gasteiger partial charge in [-0.1, -0.05) is 6.07 Å². The van der Waals surface area contributed by atoms with E-state index in [4.69, 9.17) is 16.7 Å². The molecule has 0 aromatic heterocycles. The van der Waals surface area contributed by atoms with Gasteiger partial charge in [0.05, 0.1) is 0 Å². The highest BCUT2D eigenvalue weighted by Gasteiger charge is 2.15. The third kappa shape index (κ3) is 2.60. The van der Waals surface area contributed by atoms with Crippen molar-refractivity contribution in [1.29, 1.82) is 0 Å². The fraction of sp³-hybridized carbons (Fsp3) is 0.111. The maximum atomic E-state index is 10.8. The zero-order valence-corrected chi connectivity index (χ0v) is 8.19. The number of aromatic carboxylic acids is 1. The Morgan fingerprint density at radius 3 is 2.60 bits per heavy atom. The molecule has 0 fully saturated rings. The van der Waals surface area contributed by atoms with Gasteiger partial charge in [0.15, 0.2) is 11.5 Å². The number of hydrogen-bond acceptors (Lipinski definition) is 4. The monoisotopic (exact) mass is 230 g/mol. The largest absolute Gasteiger partial charge is 0.504 e. The number of aromatic hydroxyl groups is 1. The SMILES string of the molecule is O=C(CCl)Oc1cccc(C(=O)O)c1O. The molecule has 0 aliphatic heterocycles. The smallest absolute Gasteiger partial charge is 0.339 e. The standard InChI is InChI=1S/C9H7ClO5/c10-4-7(11)15-6-3-1-2-5(8(6)12)9(13)14/h1-3,12H,4H2,(H,13,14). The first kappa shape index (κ1) is 11.3. The summed E-state index contributed by atoms with van der Waals surface area (Å²) in [5, 5.41) is 18.1. The molecule has 0 amide bonds. The number of alkyl halides is 1. The maximum Gasteiger partial charge on any atom is 0.339 e. The van der Waals surface area contributed by atoms with Gasteiger partial charge >= 0.3 is 11.9 Å². The number of esters is 1. The second kappa shape index (κ2) is 4.65. The number of halogens is 1. The lowest BCUT2D eigenvalue weighted by atomic mass is 10.2. The minimum atomic E-state index is -1.31. The van der Waals surface area contributed by atoms with Crippen LogP contribution in [-0.2, 0) is 4.79 Å². The van der Waals surface area contributed by atoms with Gasteiger partial charge in [-0.15, -0.1) is 11.6 Å². The molecule has 1 aromatic rings. The first-order chi connectivity index (χ1) is 7.06. The van der Waals surface area contributed by atoms with Crippen LogP contribution >= 0.6 is 11.6 Å². The Morgan fingerprint density at radius 2 is 2.07 bits per heavy atom. The van der Waals surface area contributed by atoms with Crippen LogP contribution in [0.5, 0.6) is 11.5 Å². The molecular weight excluding hydrogens is 224 g/mol. The van der Waals surface area contributed by atoms with E-state index in [2.05, 4.69) is 4.74 Å². The molecule has 15 heavy (non-hydrogen) atoms. The van der Waals surface area contributed by atoms with E-state index in [0.29, 0.717) is 0 Å². The summed E-state index contributed by atoms with van der Waals surface area (Å²) in [7, 11) is 0. The van der Waals surface area contributed by atoms with Gasteiger partial charge < -0.3 is 14.9 Å². The molecular formula is C9H7ClO5. The molecule has 0 radical (unpaired) electrons. The number of phenols is 1. The number of carbonyl (C=O) groups excluding carboxylic acids is 1. The van der Waals surface area contributed by atoms with Crippen molar-refractivity contribution in [2.24, 2.45) is 0 Å². The van der Waals surface area contributed by atoms with Crippen molar-refractivity contribution in [3.05, 3.63) is 23.8 Å². The van der Waals surface area contributed by atoms with Gasteiger partial charge in [-0.3, -0.25) is 4.79 Å². The molecule has 1 rings (SSSR count). The summed E-state index contributed by atoms with van der Waals surface area (Å²) >= 11 is 5.18. The number of benzene rings is 1. The maximum absolute atomic E-state index is 10.8. The average molecular weight is 231 g/mol. The van der Waals surface area contributed by atoms with E-state index in [-0.39, 0.29) is 17.2 Å². The molecule has 5 nitrogen and oxygen atoms in total. The van der Waals surface area contributed by atoms with Crippen LogP contribution in [0.1, 0.15) is 10.4 Å². The van der Waals surface area contributed by atoms with Crippen molar-refractivity contribution in [1.82, 2.24) is 0 Å². The number of carboxylic acids is 1. The van der Waals surface area contributed by atoms with E-state index in [0.717, 1.165) is 0 Å². The third-order valence-corrected chi connectivity index (χ3v) is 1.78. The van der Waals surface area contributed by atoms with Gasteiger partial charge in [0.1, 0.15) is 11.4 Å². The molecule has 0 heterocycles. The summed E-state index contributed by atoms with van der Waals surface area (Å²) in [6.45, 7) is 0. The van der Waals surface area contributed by atoms with Crippen molar-refractivity contribution >= 4 is 23.5 Å². The highest BCUT2D eigenvalue weighted by atomic mass is 35.5. The van der Waals surface area contributed by atoms with Crippen LogP contribution in [0.2, 0.25) is 0 Å². The van der Waals surface area contributed by atoms with Crippen LogP contribution in [0.3, 0.4) is 0 Å². The van der Waals surface area contributed by atoms with Crippen LogP contribution in [0, 0.1) is 0 Å². The van der Waals surface area contributed by atoms with Gasteiger partial charge in [0.25, 0.3) is 0 Å². The third-order valence-electron chi connectivity index (χ3n) is 1.56. The highest BCUT2D eigenvalue weighted by molar-refractivity contribution is 6.26. The second-order valence-electron chi connectivity index (χ2n) is 2.57. The predicted octanol–water partition coefficient (Wildman–Crippen LogP) is 1.23. The van der Waals surface area contributed by atoms with Crippen molar-refractivity contribution in [3.63, 3.8) is 0 Å².